The first-order valence-corrected chi connectivity index (χ1v) is 12.5. The van der Waals surface area contributed by atoms with Crippen molar-refractivity contribution >= 4 is 11.6 Å². The van der Waals surface area contributed by atoms with Gasteiger partial charge in [-0.15, -0.1) is 10.2 Å². The van der Waals surface area contributed by atoms with Crippen LogP contribution in [0.25, 0.3) is 5.69 Å². The van der Waals surface area contributed by atoms with Crippen LogP contribution in [0.2, 0.25) is 5.02 Å². The van der Waals surface area contributed by atoms with Gasteiger partial charge in [-0.2, -0.15) is 0 Å². The minimum absolute atomic E-state index is 0.180. The zero-order valence-electron chi connectivity index (χ0n) is 19.6. The predicted octanol–water partition coefficient (Wildman–Crippen LogP) is 6.18. The average Bonchev–Trinajstić information content (AvgIpc) is 3.32. The molecule has 0 bridgehead atoms. The molecule has 1 aliphatic carbocycles. The van der Waals surface area contributed by atoms with Gasteiger partial charge in [-0.05, 0) is 61.6 Å². The highest BCUT2D eigenvalue weighted by atomic mass is 35.5. The second kappa shape index (κ2) is 11.5. The van der Waals surface area contributed by atoms with E-state index in [0.717, 1.165) is 48.6 Å². The summed E-state index contributed by atoms with van der Waals surface area (Å²) in [5.74, 6) is 2.92. The van der Waals surface area contributed by atoms with Crippen LogP contribution in [-0.2, 0) is 17.8 Å². The fourth-order valence-corrected chi connectivity index (χ4v) is 4.71. The highest BCUT2D eigenvalue weighted by Gasteiger charge is 2.29. The quantitative estimate of drug-likeness (QED) is 0.263. The molecule has 0 radical (unpaired) electrons. The standard InChI is InChI=1S/C28H29ClN4O2/c29-23-11-13-24(14-12-23)33-26(17-19-34-20-21-6-2-1-3-7-21)31-32-28(33)22-9-15-25(16-10-22)35-27-8-4-5-18-30-27/h1-8,11-14,18,22,25H,9-10,15-17,19-20H2/t22-,25-. The Bertz CT molecular complexity index is 1190. The van der Waals surface area contributed by atoms with Crippen LogP contribution in [-0.4, -0.2) is 32.5 Å². The molecule has 35 heavy (non-hydrogen) atoms. The van der Waals surface area contributed by atoms with E-state index in [2.05, 4.69) is 31.9 Å². The first kappa shape index (κ1) is 23.5. The number of aromatic nitrogens is 4. The Hall–Kier alpha value is -3.22. The maximum atomic E-state index is 6.16. The molecular formula is C28H29ClN4O2. The minimum atomic E-state index is 0.180. The summed E-state index contributed by atoms with van der Waals surface area (Å²) in [6.45, 7) is 1.16. The summed E-state index contributed by atoms with van der Waals surface area (Å²) in [6.07, 6.45) is 6.54. The number of hydrogen-bond donors (Lipinski definition) is 0. The number of benzene rings is 2. The van der Waals surface area contributed by atoms with Gasteiger partial charge in [-0.1, -0.05) is 48.0 Å². The van der Waals surface area contributed by atoms with Gasteiger partial charge < -0.3 is 9.47 Å². The summed E-state index contributed by atoms with van der Waals surface area (Å²) in [5, 5.41) is 9.95. The van der Waals surface area contributed by atoms with Crippen molar-refractivity contribution in [2.45, 2.75) is 50.7 Å². The lowest BCUT2D eigenvalue weighted by atomic mass is 9.86. The van der Waals surface area contributed by atoms with Crippen LogP contribution in [0.5, 0.6) is 5.88 Å². The largest absolute Gasteiger partial charge is 0.474 e. The molecule has 0 saturated heterocycles. The van der Waals surface area contributed by atoms with Crippen molar-refractivity contribution in [1.29, 1.82) is 0 Å². The first-order valence-electron chi connectivity index (χ1n) is 12.2. The molecule has 1 fully saturated rings. The van der Waals surface area contributed by atoms with Crippen LogP contribution in [0.4, 0.5) is 0 Å². The number of hydrogen-bond acceptors (Lipinski definition) is 5. The van der Waals surface area contributed by atoms with Gasteiger partial charge in [-0.25, -0.2) is 4.98 Å². The summed E-state index contributed by atoms with van der Waals surface area (Å²) < 4.78 is 14.2. The van der Waals surface area contributed by atoms with E-state index in [9.17, 15) is 0 Å². The molecule has 1 saturated carbocycles. The van der Waals surface area contributed by atoms with Gasteiger partial charge >= 0.3 is 0 Å². The third-order valence-electron chi connectivity index (χ3n) is 6.39. The molecule has 2 aromatic carbocycles. The first-order chi connectivity index (χ1) is 17.3. The van der Waals surface area contributed by atoms with Gasteiger partial charge in [0, 0.05) is 35.3 Å². The second-order valence-corrected chi connectivity index (χ2v) is 9.27. The highest BCUT2D eigenvalue weighted by Crippen LogP contribution is 2.35. The van der Waals surface area contributed by atoms with E-state index in [4.69, 9.17) is 21.1 Å². The smallest absolute Gasteiger partial charge is 0.213 e. The number of halogens is 1. The molecule has 7 heteroatoms. The maximum Gasteiger partial charge on any atom is 0.213 e. The van der Waals surface area contributed by atoms with Gasteiger partial charge in [0.15, 0.2) is 0 Å². The van der Waals surface area contributed by atoms with Gasteiger partial charge in [0.25, 0.3) is 0 Å². The molecule has 0 unspecified atom stereocenters. The van der Waals surface area contributed by atoms with Crippen LogP contribution in [0.3, 0.4) is 0 Å². The van der Waals surface area contributed by atoms with E-state index < -0.39 is 0 Å². The molecule has 0 spiro atoms. The number of nitrogens with zero attached hydrogens (tertiary/aromatic N) is 4. The van der Waals surface area contributed by atoms with Crippen molar-refractivity contribution < 1.29 is 9.47 Å². The Morgan fingerprint density at radius 1 is 0.857 bits per heavy atom. The minimum Gasteiger partial charge on any atom is -0.474 e. The molecule has 0 amide bonds. The van der Waals surface area contributed by atoms with Crippen molar-refractivity contribution in [2.75, 3.05) is 6.61 Å². The van der Waals surface area contributed by atoms with Gasteiger partial charge in [0.05, 0.1) is 13.2 Å². The van der Waals surface area contributed by atoms with Crippen molar-refractivity contribution in [3.05, 3.63) is 101 Å². The van der Waals surface area contributed by atoms with E-state index >= 15 is 0 Å². The number of pyridine rings is 1. The molecule has 0 atom stereocenters. The van der Waals surface area contributed by atoms with E-state index in [1.165, 1.54) is 0 Å². The van der Waals surface area contributed by atoms with Crippen molar-refractivity contribution in [3.8, 4) is 11.6 Å². The van der Waals surface area contributed by atoms with E-state index in [1.807, 2.05) is 60.7 Å². The Kier molecular flexibility index (Phi) is 7.71. The van der Waals surface area contributed by atoms with Crippen molar-refractivity contribution in [3.63, 3.8) is 0 Å². The number of rotatable bonds is 9. The predicted molar refractivity (Wildman–Crippen MR) is 136 cm³/mol. The van der Waals surface area contributed by atoms with Crippen LogP contribution in [0, 0.1) is 0 Å². The zero-order valence-corrected chi connectivity index (χ0v) is 20.3. The number of ether oxygens (including phenoxy) is 2. The SMILES string of the molecule is Clc1ccc(-n2c(CCOCc3ccccc3)nnc2[C@H]2CC[C@H](Oc3ccccn3)CC2)cc1. The molecular weight excluding hydrogens is 460 g/mol. The fraction of sp³-hybridized carbons (Fsp3) is 0.321. The molecule has 0 aliphatic heterocycles. The molecule has 1 aliphatic rings. The van der Waals surface area contributed by atoms with Gasteiger partial charge in [0.1, 0.15) is 17.8 Å². The lowest BCUT2D eigenvalue weighted by molar-refractivity contribution is 0.122. The van der Waals surface area contributed by atoms with Crippen LogP contribution in [0.15, 0.2) is 79.0 Å². The maximum absolute atomic E-state index is 6.16. The fourth-order valence-electron chi connectivity index (χ4n) is 4.58. The molecule has 0 N–H and O–H groups in total. The molecule has 2 heterocycles. The second-order valence-electron chi connectivity index (χ2n) is 8.83. The van der Waals surface area contributed by atoms with E-state index in [1.54, 1.807) is 6.20 Å². The summed E-state index contributed by atoms with van der Waals surface area (Å²) in [4.78, 5) is 4.30. The van der Waals surface area contributed by atoms with Gasteiger partial charge in [-0.3, -0.25) is 4.57 Å². The van der Waals surface area contributed by atoms with E-state index in [-0.39, 0.29) is 6.10 Å². The monoisotopic (exact) mass is 488 g/mol. The highest BCUT2D eigenvalue weighted by molar-refractivity contribution is 6.30. The summed E-state index contributed by atoms with van der Waals surface area (Å²) >= 11 is 6.16. The Morgan fingerprint density at radius 2 is 1.63 bits per heavy atom. The average molecular weight is 489 g/mol. The molecule has 2 aromatic heterocycles. The summed E-state index contributed by atoms with van der Waals surface area (Å²) in [7, 11) is 0. The van der Waals surface area contributed by atoms with Crippen molar-refractivity contribution in [1.82, 2.24) is 19.7 Å². The summed E-state index contributed by atoms with van der Waals surface area (Å²) in [6, 6.07) is 23.8. The summed E-state index contributed by atoms with van der Waals surface area (Å²) in [5.41, 5.74) is 2.19. The third-order valence-corrected chi connectivity index (χ3v) is 6.64. The Balaban J connectivity index is 1.27. The van der Waals surface area contributed by atoms with Crippen LogP contribution in [0.1, 0.15) is 48.8 Å². The lowest BCUT2D eigenvalue weighted by Gasteiger charge is -2.28. The van der Waals surface area contributed by atoms with Crippen LogP contribution >= 0.6 is 11.6 Å². The zero-order chi connectivity index (χ0) is 23.9. The molecule has 4 aromatic rings. The van der Waals surface area contributed by atoms with E-state index in [0.29, 0.717) is 36.5 Å². The Morgan fingerprint density at radius 3 is 2.37 bits per heavy atom. The molecule has 5 rings (SSSR count). The normalized spacial score (nSPS) is 17.9. The van der Waals surface area contributed by atoms with Crippen LogP contribution < -0.4 is 4.74 Å². The third kappa shape index (κ3) is 6.08. The molecule has 180 valence electrons. The van der Waals surface area contributed by atoms with Gasteiger partial charge in [0.2, 0.25) is 5.88 Å². The van der Waals surface area contributed by atoms with Crippen molar-refractivity contribution in [2.24, 2.45) is 0 Å². The topological polar surface area (TPSA) is 62.1 Å². The molecule has 6 nitrogen and oxygen atoms in total. The Labute approximate surface area is 210 Å². The lowest BCUT2D eigenvalue weighted by Crippen LogP contribution is -2.25.